The van der Waals surface area contributed by atoms with Gasteiger partial charge in [-0.05, 0) is 32.6 Å². The van der Waals surface area contributed by atoms with Crippen molar-refractivity contribution in [3.8, 4) is 0 Å². The normalized spacial score (nSPS) is 17.8. The second kappa shape index (κ2) is 6.37. The van der Waals surface area contributed by atoms with E-state index in [9.17, 15) is 9.59 Å². The van der Waals surface area contributed by atoms with E-state index in [1.165, 1.54) is 9.13 Å². The topological polar surface area (TPSA) is 75.5 Å². The maximum atomic E-state index is 13.2. The average Bonchev–Trinajstić information content (AvgIpc) is 3.31. The fraction of sp³-hybridized carbons (Fsp3) is 0.632. The zero-order valence-corrected chi connectivity index (χ0v) is 16.7. The molecule has 4 heterocycles. The van der Waals surface area contributed by atoms with Gasteiger partial charge in [0.2, 0.25) is 5.78 Å². The minimum absolute atomic E-state index is 0.167. The third-order valence-electron chi connectivity index (χ3n) is 5.59. The Bertz CT molecular complexity index is 1140. The molecule has 8 nitrogen and oxygen atoms in total. The van der Waals surface area contributed by atoms with Gasteiger partial charge in [-0.15, -0.1) is 0 Å². The van der Waals surface area contributed by atoms with E-state index in [0.717, 1.165) is 30.8 Å². The summed E-state index contributed by atoms with van der Waals surface area (Å²) in [4.78, 5) is 30.6. The summed E-state index contributed by atoms with van der Waals surface area (Å²) in [6.45, 7) is 9.92. The van der Waals surface area contributed by atoms with Crippen molar-refractivity contribution in [2.75, 3.05) is 6.61 Å². The summed E-state index contributed by atoms with van der Waals surface area (Å²) in [7, 11) is 1.68. The van der Waals surface area contributed by atoms with E-state index >= 15 is 0 Å². The molecule has 3 aromatic rings. The molecule has 0 saturated carbocycles. The van der Waals surface area contributed by atoms with Gasteiger partial charge >= 0.3 is 5.69 Å². The van der Waals surface area contributed by atoms with Crippen LogP contribution in [0.5, 0.6) is 0 Å². The number of aryl methyl sites for hydroxylation is 2. The van der Waals surface area contributed by atoms with Crippen molar-refractivity contribution in [1.29, 1.82) is 0 Å². The molecule has 0 bridgehead atoms. The molecule has 0 aliphatic carbocycles. The van der Waals surface area contributed by atoms with Crippen LogP contribution in [0, 0.1) is 19.8 Å². The average molecular weight is 373 g/mol. The molecule has 0 unspecified atom stereocenters. The molecule has 0 spiro atoms. The molecule has 0 amide bonds. The van der Waals surface area contributed by atoms with E-state index in [1.807, 2.05) is 32.1 Å². The maximum Gasteiger partial charge on any atom is 0.332 e. The molecule has 0 radical (unpaired) electrons. The predicted molar refractivity (Wildman–Crippen MR) is 103 cm³/mol. The van der Waals surface area contributed by atoms with Gasteiger partial charge in [0.1, 0.15) is 0 Å². The number of nitrogens with zero attached hydrogens (tertiary/aromatic N) is 5. The molecule has 8 heteroatoms. The molecular weight excluding hydrogens is 346 g/mol. The molecule has 1 aliphatic heterocycles. The van der Waals surface area contributed by atoms with E-state index in [1.54, 1.807) is 7.05 Å². The van der Waals surface area contributed by atoms with Crippen molar-refractivity contribution in [1.82, 2.24) is 23.1 Å². The lowest BCUT2D eigenvalue weighted by atomic mass is 10.2. The second-order valence-electron chi connectivity index (χ2n) is 7.99. The highest BCUT2D eigenvalue weighted by Crippen LogP contribution is 2.23. The minimum atomic E-state index is -0.318. The Labute approximate surface area is 157 Å². The predicted octanol–water partition coefficient (Wildman–Crippen LogP) is 1.60. The standard InChI is InChI=1S/C19H27N5O3/c1-11(2)9-23-17(25)15-16(21(5)19(23)26)20-18-22(10-14-7-6-8-27-14)12(3)13(4)24(15)18/h11,14H,6-10H2,1-5H3/t14-/m1/s1. The molecule has 0 aromatic carbocycles. The Morgan fingerprint density at radius 1 is 1.19 bits per heavy atom. The first-order valence-corrected chi connectivity index (χ1v) is 9.60. The molecule has 1 atom stereocenters. The number of ether oxygens (including phenoxy) is 1. The number of fused-ring (bicyclic) bond motifs is 3. The van der Waals surface area contributed by atoms with Gasteiger partial charge < -0.3 is 9.30 Å². The SMILES string of the molecule is Cc1c(C)n2c3c(=O)n(CC(C)C)c(=O)n(C)c3nc2n1C[C@H]1CCCO1. The number of hydrogen-bond acceptors (Lipinski definition) is 4. The van der Waals surface area contributed by atoms with Crippen LogP contribution < -0.4 is 11.2 Å². The van der Waals surface area contributed by atoms with E-state index in [0.29, 0.717) is 30.0 Å². The first-order chi connectivity index (χ1) is 12.8. The van der Waals surface area contributed by atoms with Crippen molar-refractivity contribution in [3.05, 3.63) is 32.2 Å². The summed E-state index contributed by atoms with van der Waals surface area (Å²) in [5.74, 6) is 0.896. The van der Waals surface area contributed by atoms with Gasteiger partial charge in [-0.2, -0.15) is 4.98 Å². The molecule has 1 saturated heterocycles. The Morgan fingerprint density at radius 2 is 1.93 bits per heavy atom. The van der Waals surface area contributed by atoms with Gasteiger partial charge in [0.05, 0.1) is 12.6 Å². The van der Waals surface area contributed by atoms with Crippen LogP contribution in [0.25, 0.3) is 16.9 Å². The molecule has 1 fully saturated rings. The summed E-state index contributed by atoms with van der Waals surface area (Å²) in [6.07, 6.45) is 2.27. The third-order valence-corrected chi connectivity index (χ3v) is 5.59. The van der Waals surface area contributed by atoms with Crippen molar-refractivity contribution >= 4 is 16.9 Å². The van der Waals surface area contributed by atoms with Gasteiger partial charge in [0, 0.05) is 31.6 Å². The Kier molecular flexibility index (Phi) is 4.25. The van der Waals surface area contributed by atoms with Crippen LogP contribution in [0.15, 0.2) is 9.59 Å². The van der Waals surface area contributed by atoms with E-state index in [-0.39, 0.29) is 23.3 Å². The van der Waals surface area contributed by atoms with Crippen LogP contribution >= 0.6 is 0 Å². The smallest absolute Gasteiger partial charge is 0.332 e. The first-order valence-electron chi connectivity index (χ1n) is 9.60. The van der Waals surface area contributed by atoms with Crippen molar-refractivity contribution in [3.63, 3.8) is 0 Å². The van der Waals surface area contributed by atoms with Crippen LogP contribution in [0.4, 0.5) is 0 Å². The molecule has 3 aromatic heterocycles. The highest BCUT2D eigenvalue weighted by molar-refractivity contribution is 5.76. The molecule has 146 valence electrons. The lowest BCUT2D eigenvalue weighted by Gasteiger charge is -2.12. The summed E-state index contributed by atoms with van der Waals surface area (Å²) < 4.78 is 12.6. The van der Waals surface area contributed by atoms with E-state index in [4.69, 9.17) is 9.72 Å². The highest BCUT2D eigenvalue weighted by atomic mass is 16.5. The number of aromatic nitrogens is 5. The molecule has 27 heavy (non-hydrogen) atoms. The van der Waals surface area contributed by atoms with Crippen LogP contribution in [-0.2, 0) is 24.9 Å². The molecule has 4 rings (SSSR count). The summed E-state index contributed by atoms with van der Waals surface area (Å²) in [5, 5.41) is 0. The highest BCUT2D eigenvalue weighted by Gasteiger charge is 2.25. The molecule has 1 aliphatic rings. The fourth-order valence-corrected chi connectivity index (χ4v) is 4.05. The first kappa shape index (κ1) is 18.0. The van der Waals surface area contributed by atoms with Gasteiger partial charge in [-0.3, -0.25) is 18.3 Å². The summed E-state index contributed by atoms with van der Waals surface area (Å²) in [5.41, 5.74) is 2.35. The van der Waals surface area contributed by atoms with Gasteiger partial charge in [-0.25, -0.2) is 4.79 Å². The van der Waals surface area contributed by atoms with Crippen molar-refractivity contribution in [2.24, 2.45) is 13.0 Å². The van der Waals surface area contributed by atoms with Crippen LogP contribution in [0.1, 0.15) is 38.1 Å². The number of rotatable bonds is 4. The monoisotopic (exact) mass is 373 g/mol. The number of hydrogen-bond donors (Lipinski definition) is 0. The largest absolute Gasteiger partial charge is 0.376 e. The summed E-state index contributed by atoms with van der Waals surface area (Å²) >= 11 is 0. The zero-order valence-electron chi connectivity index (χ0n) is 16.7. The number of imidazole rings is 2. The Morgan fingerprint density at radius 3 is 2.56 bits per heavy atom. The van der Waals surface area contributed by atoms with Gasteiger partial charge in [-0.1, -0.05) is 13.8 Å². The van der Waals surface area contributed by atoms with Crippen molar-refractivity contribution < 1.29 is 4.74 Å². The van der Waals surface area contributed by atoms with Crippen molar-refractivity contribution in [2.45, 2.75) is 59.7 Å². The van der Waals surface area contributed by atoms with Crippen LogP contribution in [-0.4, -0.2) is 35.8 Å². The third kappa shape index (κ3) is 2.65. The van der Waals surface area contributed by atoms with Gasteiger partial charge in [0.25, 0.3) is 5.56 Å². The Balaban J connectivity index is 2.02. The minimum Gasteiger partial charge on any atom is -0.376 e. The van der Waals surface area contributed by atoms with Gasteiger partial charge in [0.15, 0.2) is 11.2 Å². The second-order valence-corrected chi connectivity index (χ2v) is 7.99. The molecule has 0 N–H and O–H groups in total. The zero-order chi connectivity index (χ0) is 19.5. The lowest BCUT2D eigenvalue weighted by Crippen LogP contribution is -2.40. The van der Waals surface area contributed by atoms with Crippen LogP contribution in [0.2, 0.25) is 0 Å². The lowest BCUT2D eigenvalue weighted by molar-refractivity contribution is 0.0974. The summed E-state index contributed by atoms with van der Waals surface area (Å²) in [6, 6.07) is 0. The van der Waals surface area contributed by atoms with Crippen LogP contribution in [0.3, 0.4) is 0 Å². The van der Waals surface area contributed by atoms with E-state index < -0.39 is 0 Å². The molecular formula is C19H27N5O3. The van der Waals surface area contributed by atoms with E-state index in [2.05, 4.69) is 4.57 Å². The fourth-order valence-electron chi connectivity index (χ4n) is 4.05. The Hall–Kier alpha value is -2.35. The quantitative estimate of drug-likeness (QED) is 0.696. The maximum absolute atomic E-state index is 13.2.